The van der Waals surface area contributed by atoms with Gasteiger partial charge in [0.05, 0.1) is 5.25 Å². The van der Waals surface area contributed by atoms with Crippen LogP contribution in [-0.2, 0) is 5.54 Å². The van der Waals surface area contributed by atoms with Crippen LogP contribution in [0.2, 0.25) is 0 Å². The summed E-state index contributed by atoms with van der Waals surface area (Å²) in [5.74, 6) is -0.643. The van der Waals surface area contributed by atoms with Crippen molar-refractivity contribution >= 4 is 28.2 Å². The lowest BCUT2D eigenvalue weighted by Crippen LogP contribution is -2.52. The summed E-state index contributed by atoms with van der Waals surface area (Å²) < 4.78 is 34.3. The molecule has 1 fully saturated rings. The van der Waals surface area contributed by atoms with E-state index in [0.29, 0.717) is 5.69 Å². The summed E-state index contributed by atoms with van der Waals surface area (Å²) in [4.78, 5) is 15.4. The molecule has 2 aliphatic rings. The molecule has 1 amide bonds. The van der Waals surface area contributed by atoms with Crippen LogP contribution in [0.25, 0.3) is 0 Å². The molecule has 0 saturated heterocycles. The standard InChI is InChI=1S/C14H18FN3O4S/c1-13(2)11(17-12(19)20)18-14(6-10(14)23(13,21)22)8-5-7(16)3-4-9(8)15/h3-5,10,21-22H,6,16H2,1-2H3,(H,17,18)(H,19,20)/t10-,14-/m1/s1. The van der Waals surface area contributed by atoms with E-state index in [1.807, 2.05) is 0 Å². The van der Waals surface area contributed by atoms with Crippen LogP contribution in [0.3, 0.4) is 0 Å². The van der Waals surface area contributed by atoms with Crippen molar-refractivity contribution in [2.24, 2.45) is 4.99 Å². The highest BCUT2D eigenvalue weighted by Gasteiger charge is 2.70. The Balaban J connectivity index is 2.18. The van der Waals surface area contributed by atoms with Gasteiger partial charge in [0.1, 0.15) is 21.9 Å². The SMILES string of the molecule is CC1(C)C(NC(=O)O)=N[C@@]2(c3cc(N)ccc3F)C[C@H]2S1(O)O. The molecule has 7 nitrogen and oxygen atoms in total. The fourth-order valence-electron chi connectivity index (χ4n) is 3.06. The minimum Gasteiger partial charge on any atom is -0.465 e. The number of benzene rings is 1. The van der Waals surface area contributed by atoms with Crippen LogP contribution >= 0.6 is 10.6 Å². The van der Waals surface area contributed by atoms with Crippen LogP contribution in [0.15, 0.2) is 23.2 Å². The van der Waals surface area contributed by atoms with Gasteiger partial charge in [0, 0.05) is 17.7 Å². The van der Waals surface area contributed by atoms with Crippen LogP contribution in [0.5, 0.6) is 0 Å². The number of halogens is 1. The number of hydrogen-bond donors (Lipinski definition) is 5. The molecule has 0 spiro atoms. The number of anilines is 1. The van der Waals surface area contributed by atoms with E-state index >= 15 is 0 Å². The van der Waals surface area contributed by atoms with E-state index < -0.39 is 38.0 Å². The lowest BCUT2D eigenvalue weighted by molar-refractivity contribution is 0.199. The van der Waals surface area contributed by atoms with Gasteiger partial charge in [-0.15, -0.1) is 0 Å². The summed E-state index contributed by atoms with van der Waals surface area (Å²) in [6, 6.07) is 4.00. The van der Waals surface area contributed by atoms with Gasteiger partial charge in [0.2, 0.25) is 0 Å². The summed E-state index contributed by atoms with van der Waals surface area (Å²) in [5.41, 5.74) is 5.00. The number of rotatable bonds is 1. The van der Waals surface area contributed by atoms with Gasteiger partial charge in [-0.1, -0.05) is 0 Å². The Morgan fingerprint density at radius 2 is 2.13 bits per heavy atom. The average Bonchev–Trinajstić information content (AvgIpc) is 3.15. The molecule has 0 radical (unpaired) electrons. The van der Waals surface area contributed by atoms with Gasteiger partial charge in [0.15, 0.2) is 0 Å². The number of amides is 1. The van der Waals surface area contributed by atoms with E-state index in [9.17, 15) is 18.3 Å². The number of amidine groups is 1. The second kappa shape index (κ2) is 4.59. The summed E-state index contributed by atoms with van der Waals surface area (Å²) in [7, 11) is -3.26. The third-order valence-electron chi connectivity index (χ3n) is 4.58. The Bertz CT molecular complexity index is 737. The quantitative estimate of drug-likeness (QED) is 0.501. The molecular weight excluding hydrogens is 325 g/mol. The number of nitrogen functional groups attached to an aromatic ring is 1. The van der Waals surface area contributed by atoms with Crippen molar-refractivity contribution in [1.82, 2.24) is 5.32 Å². The molecule has 1 aromatic rings. The largest absolute Gasteiger partial charge is 0.465 e. The molecule has 0 unspecified atom stereocenters. The molecule has 0 bridgehead atoms. The van der Waals surface area contributed by atoms with Crippen LogP contribution in [0.4, 0.5) is 14.9 Å². The number of nitrogens with one attached hydrogen (secondary N) is 1. The van der Waals surface area contributed by atoms with E-state index in [0.717, 1.165) is 0 Å². The number of carboxylic acid groups (broad SMARTS) is 1. The van der Waals surface area contributed by atoms with E-state index in [2.05, 4.69) is 10.3 Å². The van der Waals surface area contributed by atoms with Gasteiger partial charge in [-0.05, 0) is 32.0 Å². The maximum Gasteiger partial charge on any atom is 0.410 e. The Morgan fingerprint density at radius 3 is 2.74 bits per heavy atom. The van der Waals surface area contributed by atoms with Gasteiger partial charge in [-0.2, -0.15) is 10.6 Å². The maximum absolute atomic E-state index is 14.2. The number of carbonyl (C=O) groups is 1. The van der Waals surface area contributed by atoms with E-state index in [4.69, 9.17) is 10.8 Å². The first-order valence-electron chi connectivity index (χ1n) is 6.95. The second-order valence-electron chi connectivity index (χ2n) is 6.35. The van der Waals surface area contributed by atoms with Gasteiger partial charge < -0.3 is 10.8 Å². The molecule has 1 saturated carbocycles. The molecule has 1 aliphatic heterocycles. The molecule has 23 heavy (non-hydrogen) atoms. The van der Waals surface area contributed by atoms with Crippen molar-refractivity contribution in [1.29, 1.82) is 0 Å². The summed E-state index contributed by atoms with van der Waals surface area (Å²) in [5, 5.41) is 10.4. The minimum absolute atomic E-state index is 0.0828. The molecule has 2 atom stereocenters. The lowest BCUT2D eigenvalue weighted by atomic mass is 10.0. The Kier molecular flexibility index (Phi) is 3.20. The highest BCUT2D eigenvalue weighted by Crippen LogP contribution is 2.75. The first-order chi connectivity index (χ1) is 10.5. The number of nitrogens with two attached hydrogens (primary N) is 1. The molecule has 1 aliphatic carbocycles. The van der Waals surface area contributed by atoms with Crippen molar-refractivity contribution in [3.8, 4) is 0 Å². The van der Waals surface area contributed by atoms with Crippen LogP contribution in [-0.4, -0.2) is 36.1 Å². The van der Waals surface area contributed by atoms with Crippen molar-refractivity contribution < 1.29 is 23.4 Å². The molecule has 6 N–H and O–H groups in total. The Labute approximate surface area is 133 Å². The van der Waals surface area contributed by atoms with E-state index in [1.54, 1.807) is 0 Å². The highest BCUT2D eigenvalue weighted by atomic mass is 32.3. The van der Waals surface area contributed by atoms with Gasteiger partial charge >= 0.3 is 6.09 Å². The Hall–Kier alpha value is -1.84. The zero-order valence-corrected chi connectivity index (χ0v) is 13.4. The van der Waals surface area contributed by atoms with E-state index in [-0.39, 0.29) is 17.8 Å². The number of hydrogen-bond acceptors (Lipinski definition) is 5. The normalized spacial score (nSPS) is 31.5. The van der Waals surface area contributed by atoms with Crippen LogP contribution in [0, 0.1) is 5.82 Å². The maximum atomic E-state index is 14.2. The summed E-state index contributed by atoms with van der Waals surface area (Å²) in [6.45, 7) is 3.02. The fraction of sp³-hybridized carbons (Fsp3) is 0.429. The van der Waals surface area contributed by atoms with E-state index in [1.165, 1.54) is 32.0 Å². The van der Waals surface area contributed by atoms with Crippen molar-refractivity contribution in [3.05, 3.63) is 29.6 Å². The molecular formula is C14H18FN3O4S. The number of fused-ring (bicyclic) bond motifs is 1. The summed E-state index contributed by atoms with van der Waals surface area (Å²) in [6.07, 6.45) is -1.14. The average molecular weight is 343 g/mol. The molecule has 0 aromatic heterocycles. The highest BCUT2D eigenvalue weighted by molar-refractivity contribution is 8.26. The first kappa shape index (κ1) is 16.0. The predicted octanol–water partition coefficient (Wildman–Crippen LogP) is 2.58. The Morgan fingerprint density at radius 1 is 1.48 bits per heavy atom. The molecule has 9 heteroatoms. The van der Waals surface area contributed by atoms with Gasteiger partial charge in [0.25, 0.3) is 0 Å². The summed E-state index contributed by atoms with van der Waals surface area (Å²) >= 11 is 0. The van der Waals surface area contributed by atoms with Crippen LogP contribution in [0.1, 0.15) is 25.8 Å². The molecule has 1 aromatic carbocycles. The fourth-order valence-corrected chi connectivity index (χ4v) is 5.36. The molecule has 1 heterocycles. The first-order valence-corrected chi connectivity index (χ1v) is 8.56. The second-order valence-corrected chi connectivity index (χ2v) is 9.13. The smallest absolute Gasteiger partial charge is 0.410 e. The molecule has 126 valence electrons. The third kappa shape index (κ3) is 2.11. The minimum atomic E-state index is -3.26. The van der Waals surface area contributed by atoms with Crippen molar-refractivity contribution in [2.45, 2.75) is 35.8 Å². The molecule has 3 rings (SSSR count). The van der Waals surface area contributed by atoms with Crippen molar-refractivity contribution in [2.75, 3.05) is 5.73 Å². The number of aliphatic imine (C=N–C) groups is 1. The van der Waals surface area contributed by atoms with Crippen LogP contribution < -0.4 is 11.1 Å². The topological polar surface area (TPSA) is 128 Å². The van der Waals surface area contributed by atoms with Gasteiger partial charge in [-0.3, -0.25) is 19.4 Å². The zero-order valence-electron chi connectivity index (χ0n) is 12.6. The van der Waals surface area contributed by atoms with Gasteiger partial charge in [-0.25, -0.2) is 9.18 Å². The lowest BCUT2D eigenvalue weighted by Gasteiger charge is -2.50. The predicted molar refractivity (Wildman–Crippen MR) is 86.4 cm³/mol. The number of nitrogens with zero attached hydrogens (tertiary/aromatic N) is 1. The monoisotopic (exact) mass is 343 g/mol. The third-order valence-corrected chi connectivity index (χ3v) is 7.63. The zero-order chi connectivity index (χ0) is 17.2. The van der Waals surface area contributed by atoms with Crippen molar-refractivity contribution in [3.63, 3.8) is 0 Å².